The minimum atomic E-state index is 0.0557. The lowest BCUT2D eigenvalue weighted by atomic mass is 9.95. The SMILES string of the molecule is Cc1noc(C)c1CCC(=O)NC1CCN(C(=O)NC2CCCCC2)CC1. The molecule has 2 aliphatic rings. The molecule has 3 amide bonds. The molecule has 1 aliphatic heterocycles. The van der Waals surface area contributed by atoms with E-state index in [0.29, 0.717) is 32.0 Å². The van der Waals surface area contributed by atoms with Crippen molar-refractivity contribution in [3.8, 4) is 0 Å². The second-order valence-electron chi connectivity index (χ2n) is 7.92. The van der Waals surface area contributed by atoms with Gasteiger partial charge in [0.05, 0.1) is 5.69 Å². The van der Waals surface area contributed by atoms with E-state index in [2.05, 4.69) is 15.8 Å². The average molecular weight is 377 g/mol. The predicted molar refractivity (Wildman–Crippen MR) is 102 cm³/mol. The summed E-state index contributed by atoms with van der Waals surface area (Å²) in [5.41, 5.74) is 1.89. The van der Waals surface area contributed by atoms with Crippen molar-refractivity contribution >= 4 is 11.9 Å². The third-order valence-electron chi connectivity index (χ3n) is 5.86. The Labute approximate surface area is 161 Å². The first kappa shape index (κ1) is 19.7. The minimum Gasteiger partial charge on any atom is -0.361 e. The van der Waals surface area contributed by atoms with Gasteiger partial charge in [-0.05, 0) is 46.0 Å². The van der Waals surface area contributed by atoms with E-state index in [0.717, 1.165) is 42.7 Å². The molecule has 27 heavy (non-hydrogen) atoms. The molecule has 0 spiro atoms. The van der Waals surface area contributed by atoms with Crippen LogP contribution in [-0.4, -0.2) is 47.2 Å². The van der Waals surface area contributed by atoms with Gasteiger partial charge in [0.1, 0.15) is 5.76 Å². The van der Waals surface area contributed by atoms with Crippen molar-refractivity contribution in [3.05, 3.63) is 17.0 Å². The number of urea groups is 1. The summed E-state index contributed by atoms with van der Waals surface area (Å²) < 4.78 is 5.14. The van der Waals surface area contributed by atoms with Crippen molar-refractivity contribution < 1.29 is 14.1 Å². The van der Waals surface area contributed by atoms with Gasteiger partial charge in [-0.15, -0.1) is 0 Å². The van der Waals surface area contributed by atoms with Crippen LogP contribution in [-0.2, 0) is 11.2 Å². The summed E-state index contributed by atoms with van der Waals surface area (Å²) in [5.74, 6) is 0.845. The monoisotopic (exact) mass is 376 g/mol. The van der Waals surface area contributed by atoms with Gasteiger partial charge in [-0.25, -0.2) is 4.79 Å². The van der Waals surface area contributed by atoms with Gasteiger partial charge in [0, 0.05) is 37.2 Å². The second-order valence-corrected chi connectivity index (χ2v) is 7.92. The van der Waals surface area contributed by atoms with Crippen LogP contribution in [0.3, 0.4) is 0 Å². The van der Waals surface area contributed by atoms with Crippen molar-refractivity contribution in [2.75, 3.05) is 13.1 Å². The van der Waals surface area contributed by atoms with Crippen LogP contribution in [0, 0.1) is 13.8 Å². The smallest absolute Gasteiger partial charge is 0.317 e. The predicted octanol–water partition coefficient (Wildman–Crippen LogP) is 2.85. The minimum absolute atomic E-state index is 0.0557. The number of aromatic nitrogens is 1. The first-order chi connectivity index (χ1) is 13.0. The van der Waals surface area contributed by atoms with Crippen LogP contribution in [0.25, 0.3) is 0 Å². The Morgan fingerprint density at radius 1 is 1.04 bits per heavy atom. The van der Waals surface area contributed by atoms with Crippen molar-refractivity contribution in [3.63, 3.8) is 0 Å². The molecule has 7 heteroatoms. The summed E-state index contributed by atoms with van der Waals surface area (Å²) in [5, 5.41) is 10.2. The summed E-state index contributed by atoms with van der Waals surface area (Å²) in [6.45, 7) is 5.18. The van der Waals surface area contributed by atoms with E-state index in [1.807, 2.05) is 18.7 Å². The number of carbonyl (C=O) groups is 2. The van der Waals surface area contributed by atoms with E-state index in [9.17, 15) is 9.59 Å². The zero-order valence-corrected chi connectivity index (χ0v) is 16.6. The number of rotatable bonds is 5. The third kappa shape index (κ3) is 5.47. The molecule has 150 valence electrons. The fourth-order valence-corrected chi connectivity index (χ4v) is 4.14. The van der Waals surface area contributed by atoms with Gasteiger partial charge in [0.2, 0.25) is 5.91 Å². The highest BCUT2D eigenvalue weighted by Crippen LogP contribution is 2.19. The second kappa shape index (κ2) is 9.24. The summed E-state index contributed by atoms with van der Waals surface area (Å²) in [6.07, 6.45) is 8.63. The highest BCUT2D eigenvalue weighted by Gasteiger charge is 2.25. The Hall–Kier alpha value is -2.05. The van der Waals surface area contributed by atoms with Crippen LogP contribution in [0.15, 0.2) is 4.52 Å². The molecule has 0 aromatic carbocycles. The number of piperidine rings is 1. The topological polar surface area (TPSA) is 87.5 Å². The van der Waals surface area contributed by atoms with Crippen LogP contribution in [0.4, 0.5) is 4.79 Å². The molecular formula is C20H32N4O3. The third-order valence-corrected chi connectivity index (χ3v) is 5.86. The number of aryl methyl sites for hydroxylation is 2. The lowest BCUT2D eigenvalue weighted by Gasteiger charge is -2.34. The molecular weight excluding hydrogens is 344 g/mol. The molecule has 2 heterocycles. The van der Waals surface area contributed by atoms with Crippen LogP contribution in [0.1, 0.15) is 68.4 Å². The van der Waals surface area contributed by atoms with Crippen LogP contribution < -0.4 is 10.6 Å². The van der Waals surface area contributed by atoms with E-state index < -0.39 is 0 Å². The van der Waals surface area contributed by atoms with Gasteiger partial charge in [0.25, 0.3) is 0 Å². The van der Waals surface area contributed by atoms with E-state index in [-0.39, 0.29) is 18.0 Å². The van der Waals surface area contributed by atoms with Crippen LogP contribution in [0.2, 0.25) is 0 Å². The first-order valence-electron chi connectivity index (χ1n) is 10.3. The zero-order chi connectivity index (χ0) is 19.2. The Morgan fingerprint density at radius 2 is 1.70 bits per heavy atom. The van der Waals surface area contributed by atoms with Crippen molar-refractivity contribution in [2.45, 2.75) is 83.7 Å². The average Bonchev–Trinajstić information content (AvgIpc) is 2.99. The maximum absolute atomic E-state index is 12.4. The van der Waals surface area contributed by atoms with Gasteiger partial charge >= 0.3 is 6.03 Å². The van der Waals surface area contributed by atoms with Crippen molar-refractivity contribution in [1.82, 2.24) is 20.7 Å². The van der Waals surface area contributed by atoms with Crippen LogP contribution in [0.5, 0.6) is 0 Å². The molecule has 1 saturated heterocycles. The number of carbonyl (C=O) groups excluding carboxylic acids is 2. The summed E-state index contributed by atoms with van der Waals surface area (Å²) >= 11 is 0. The summed E-state index contributed by atoms with van der Waals surface area (Å²) in [6, 6.07) is 0.555. The molecule has 7 nitrogen and oxygen atoms in total. The highest BCUT2D eigenvalue weighted by molar-refractivity contribution is 5.77. The van der Waals surface area contributed by atoms with E-state index >= 15 is 0 Å². The van der Waals surface area contributed by atoms with Gasteiger partial charge in [-0.2, -0.15) is 0 Å². The fourth-order valence-electron chi connectivity index (χ4n) is 4.14. The molecule has 0 atom stereocenters. The summed E-state index contributed by atoms with van der Waals surface area (Å²) in [4.78, 5) is 26.5. The molecule has 1 aromatic rings. The molecule has 2 N–H and O–H groups in total. The lowest BCUT2D eigenvalue weighted by molar-refractivity contribution is -0.122. The Bertz CT molecular complexity index is 624. The molecule has 2 fully saturated rings. The van der Waals surface area contributed by atoms with Gasteiger partial charge in [-0.3, -0.25) is 4.79 Å². The number of hydrogen-bond donors (Lipinski definition) is 2. The highest BCUT2D eigenvalue weighted by atomic mass is 16.5. The maximum atomic E-state index is 12.4. The molecule has 1 aliphatic carbocycles. The fraction of sp³-hybridized carbons (Fsp3) is 0.750. The molecule has 0 unspecified atom stereocenters. The summed E-state index contributed by atoms with van der Waals surface area (Å²) in [7, 11) is 0. The van der Waals surface area contributed by atoms with Crippen molar-refractivity contribution in [2.24, 2.45) is 0 Å². The number of amides is 3. The van der Waals surface area contributed by atoms with E-state index in [1.165, 1.54) is 19.3 Å². The number of nitrogens with zero attached hydrogens (tertiary/aromatic N) is 2. The lowest BCUT2D eigenvalue weighted by Crippen LogP contribution is -2.51. The zero-order valence-electron chi connectivity index (χ0n) is 16.6. The van der Waals surface area contributed by atoms with Gasteiger partial charge in [-0.1, -0.05) is 24.4 Å². The number of likely N-dealkylation sites (tertiary alicyclic amines) is 1. The quantitative estimate of drug-likeness (QED) is 0.827. The molecule has 1 saturated carbocycles. The molecule has 0 bridgehead atoms. The van der Waals surface area contributed by atoms with Gasteiger partial charge < -0.3 is 20.1 Å². The van der Waals surface area contributed by atoms with Gasteiger partial charge in [0.15, 0.2) is 0 Å². The van der Waals surface area contributed by atoms with Crippen molar-refractivity contribution in [1.29, 1.82) is 0 Å². The Kier molecular flexibility index (Phi) is 6.74. The first-order valence-corrected chi connectivity index (χ1v) is 10.3. The van der Waals surface area contributed by atoms with Crippen LogP contribution >= 0.6 is 0 Å². The Balaban J connectivity index is 1.36. The largest absolute Gasteiger partial charge is 0.361 e. The molecule has 0 radical (unpaired) electrons. The molecule has 1 aromatic heterocycles. The van der Waals surface area contributed by atoms with E-state index in [1.54, 1.807) is 0 Å². The number of hydrogen-bond acceptors (Lipinski definition) is 4. The normalized spacial score (nSPS) is 19.1. The van der Waals surface area contributed by atoms with E-state index in [4.69, 9.17) is 4.52 Å². The number of nitrogens with one attached hydrogen (secondary N) is 2. The Morgan fingerprint density at radius 3 is 2.33 bits per heavy atom. The standard InChI is InChI=1S/C20H32N4O3/c1-14-18(15(2)27-23-14)8-9-19(25)21-17-10-12-24(13-11-17)20(26)22-16-6-4-3-5-7-16/h16-17H,3-13H2,1-2H3,(H,21,25)(H,22,26). The maximum Gasteiger partial charge on any atom is 0.317 e. The molecule has 3 rings (SSSR count).